The van der Waals surface area contributed by atoms with E-state index in [0.29, 0.717) is 18.9 Å². The summed E-state index contributed by atoms with van der Waals surface area (Å²) in [6.07, 6.45) is 8.31. The van der Waals surface area contributed by atoms with Crippen molar-refractivity contribution >= 4 is 5.91 Å². The Labute approximate surface area is 114 Å². The minimum atomic E-state index is -0.203. The van der Waals surface area contributed by atoms with Crippen LogP contribution in [0.2, 0.25) is 0 Å². The molecule has 0 bridgehead atoms. The minimum absolute atomic E-state index is 0.125. The van der Waals surface area contributed by atoms with Crippen molar-refractivity contribution in [1.29, 1.82) is 0 Å². The molecule has 1 N–H and O–H groups in total. The molecule has 1 atom stereocenters. The van der Waals surface area contributed by atoms with Crippen molar-refractivity contribution in [3.8, 4) is 0 Å². The fourth-order valence-corrected chi connectivity index (χ4v) is 2.71. The van der Waals surface area contributed by atoms with E-state index in [1.807, 2.05) is 12.1 Å². The summed E-state index contributed by atoms with van der Waals surface area (Å²) in [5.41, 5.74) is 0. The number of methoxy groups -OCH3 is 1. The molecule has 1 heterocycles. The molecule has 0 saturated heterocycles. The standard InChI is InChI=1S/C15H23NO3/c1-18-14(13-8-5-9-19-13)11-16-15(17)10-12-6-3-2-4-7-12/h5,8-9,12,14H,2-4,6-7,10-11H2,1H3,(H,16,17). The summed E-state index contributed by atoms with van der Waals surface area (Å²) in [5, 5.41) is 2.95. The topological polar surface area (TPSA) is 51.5 Å². The molecule has 1 aliphatic rings. The van der Waals surface area contributed by atoms with Gasteiger partial charge in [-0.2, -0.15) is 0 Å². The van der Waals surface area contributed by atoms with Crippen LogP contribution in [0.25, 0.3) is 0 Å². The van der Waals surface area contributed by atoms with E-state index in [1.165, 1.54) is 32.1 Å². The van der Waals surface area contributed by atoms with Gasteiger partial charge in [0.1, 0.15) is 11.9 Å². The maximum absolute atomic E-state index is 11.9. The van der Waals surface area contributed by atoms with Crippen LogP contribution < -0.4 is 5.32 Å². The first-order valence-electron chi connectivity index (χ1n) is 7.12. The molecule has 4 nitrogen and oxygen atoms in total. The molecular formula is C15H23NO3. The lowest BCUT2D eigenvalue weighted by Crippen LogP contribution is -2.30. The lowest BCUT2D eigenvalue weighted by Gasteiger charge is -2.21. The summed E-state index contributed by atoms with van der Waals surface area (Å²) in [6, 6.07) is 3.69. The van der Waals surface area contributed by atoms with Gasteiger partial charge in [0.15, 0.2) is 0 Å². The van der Waals surface area contributed by atoms with E-state index in [9.17, 15) is 4.79 Å². The molecule has 1 aromatic rings. The largest absolute Gasteiger partial charge is 0.467 e. The van der Waals surface area contributed by atoms with Crippen molar-refractivity contribution in [2.45, 2.75) is 44.6 Å². The molecular weight excluding hydrogens is 242 g/mol. The van der Waals surface area contributed by atoms with Crippen molar-refractivity contribution in [2.24, 2.45) is 5.92 Å². The van der Waals surface area contributed by atoms with Crippen LogP contribution in [0, 0.1) is 5.92 Å². The Morgan fingerprint density at radius 2 is 2.26 bits per heavy atom. The van der Waals surface area contributed by atoms with Crippen LogP contribution in [0.3, 0.4) is 0 Å². The van der Waals surface area contributed by atoms with Gasteiger partial charge < -0.3 is 14.5 Å². The summed E-state index contributed by atoms with van der Waals surface area (Å²) in [5.74, 6) is 1.44. The van der Waals surface area contributed by atoms with Gasteiger partial charge in [-0.3, -0.25) is 4.79 Å². The van der Waals surface area contributed by atoms with Crippen LogP contribution in [0.15, 0.2) is 22.8 Å². The fraction of sp³-hybridized carbons (Fsp3) is 0.667. The Kier molecular flexibility index (Phi) is 5.45. The lowest BCUT2D eigenvalue weighted by atomic mass is 9.87. The highest BCUT2D eigenvalue weighted by Crippen LogP contribution is 2.26. The summed E-state index contributed by atoms with van der Waals surface area (Å²) in [7, 11) is 1.63. The predicted molar refractivity (Wildman–Crippen MR) is 72.7 cm³/mol. The number of carbonyl (C=O) groups excluding carboxylic acids is 1. The van der Waals surface area contributed by atoms with E-state index in [1.54, 1.807) is 13.4 Å². The van der Waals surface area contributed by atoms with Crippen LogP contribution in [0.1, 0.15) is 50.4 Å². The highest BCUT2D eigenvalue weighted by molar-refractivity contribution is 5.76. The van der Waals surface area contributed by atoms with Gasteiger partial charge in [0.05, 0.1) is 12.8 Å². The molecule has 0 aromatic carbocycles. The highest BCUT2D eigenvalue weighted by atomic mass is 16.5. The zero-order valence-electron chi connectivity index (χ0n) is 11.6. The molecule has 106 valence electrons. The first-order chi connectivity index (χ1) is 9.29. The number of rotatable bonds is 6. The molecule has 1 amide bonds. The molecule has 0 radical (unpaired) electrons. The Hall–Kier alpha value is -1.29. The zero-order valence-corrected chi connectivity index (χ0v) is 11.6. The number of furan rings is 1. The molecule has 1 unspecified atom stereocenters. The number of hydrogen-bond acceptors (Lipinski definition) is 3. The van der Waals surface area contributed by atoms with Crippen LogP contribution in [0.5, 0.6) is 0 Å². The number of nitrogens with one attached hydrogen (secondary N) is 1. The van der Waals surface area contributed by atoms with Gasteiger partial charge in [-0.25, -0.2) is 0 Å². The van der Waals surface area contributed by atoms with E-state index in [-0.39, 0.29) is 12.0 Å². The first kappa shape index (κ1) is 14.1. The lowest BCUT2D eigenvalue weighted by molar-refractivity contribution is -0.122. The molecule has 0 spiro atoms. The van der Waals surface area contributed by atoms with Crippen LogP contribution >= 0.6 is 0 Å². The number of amides is 1. The van der Waals surface area contributed by atoms with E-state index in [2.05, 4.69) is 5.32 Å². The fourth-order valence-electron chi connectivity index (χ4n) is 2.71. The Morgan fingerprint density at radius 3 is 2.89 bits per heavy atom. The number of carbonyl (C=O) groups is 1. The molecule has 19 heavy (non-hydrogen) atoms. The van der Waals surface area contributed by atoms with E-state index in [0.717, 1.165) is 5.76 Å². The van der Waals surface area contributed by atoms with Gasteiger partial charge in [-0.1, -0.05) is 19.3 Å². The van der Waals surface area contributed by atoms with Crippen molar-refractivity contribution in [2.75, 3.05) is 13.7 Å². The molecule has 1 saturated carbocycles. The van der Waals surface area contributed by atoms with Gasteiger partial charge in [-0.05, 0) is 30.9 Å². The average Bonchev–Trinajstić information content (AvgIpc) is 2.95. The monoisotopic (exact) mass is 265 g/mol. The first-order valence-corrected chi connectivity index (χ1v) is 7.12. The Balaban J connectivity index is 1.72. The van der Waals surface area contributed by atoms with Gasteiger partial charge in [0.25, 0.3) is 0 Å². The van der Waals surface area contributed by atoms with Crippen LogP contribution in [-0.4, -0.2) is 19.6 Å². The normalized spacial score (nSPS) is 18.2. The van der Waals surface area contributed by atoms with Gasteiger partial charge in [0.2, 0.25) is 5.91 Å². The zero-order chi connectivity index (χ0) is 13.5. The van der Waals surface area contributed by atoms with Gasteiger partial charge in [0, 0.05) is 13.5 Å². The second-order valence-electron chi connectivity index (χ2n) is 5.25. The molecule has 1 fully saturated rings. The SMILES string of the molecule is COC(CNC(=O)CC1CCCCC1)c1ccco1. The Morgan fingerprint density at radius 1 is 1.47 bits per heavy atom. The van der Waals surface area contributed by atoms with Gasteiger partial charge >= 0.3 is 0 Å². The molecule has 1 aliphatic carbocycles. The quantitative estimate of drug-likeness (QED) is 0.860. The maximum atomic E-state index is 11.9. The van der Waals surface area contributed by atoms with E-state index < -0.39 is 0 Å². The van der Waals surface area contributed by atoms with E-state index >= 15 is 0 Å². The second kappa shape index (κ2) is 7.34. The summed E-state index contributed by atoms with van der Waals surface area (Å²) < 4.78 is 10.6. The molecule has 2 rings (SSSR count). The van der Waals surface area contributed by atoms with Crippen LogP contribution in [0.4, 0.5) is 0 Å². The molecule has 0 aliphatic heterocycles. The predicted octanol–water partition coefficient (Wildman–Crippen LogP) is 3.05. The summed E-state index contributed by atoms with van der Waals surface area (Å²) in [4.78, 5) is 11.9. The van der Waals surface area contributed by atoms with Gasteiger partial charge in [-0.15, -0.1) is 0 Å². The van der Waals surface area contributed by atoms with Crippen LogP contribution in [-0.2, 0) is 9.53 Å². The molecule has 4 heteroatoms. The number of ether oxygens (including phenoxy) is 1. The van der Waals surface area contributed by atoms with Crippen molar-refractivity contribution in [3.05, 3.63) is 24.2 Å². The number of hydrogen-bond donors (Lipinski definition) is 1. The minimum Gasteiger partial charge on any atom is -0.467 e. The maximum Gasteiger partial charge on any atom is 0.220 e. The Bertz CT molecular complexity index is 369. The highest BCUT2D eigenvalue weighted by Gasteiger charge is 2.19. The van der Waals surface area contributed by atoms with Crippen molar-refractivity contribution in [1.82, 2.24) is 5.32 Å². The third-order valence-corrected chi connectivity index (χ3v) is 3.83. The summed E-state index contributed by atoms with van der Waals surface area (Å²) in [6.45, 7) is 0.468. The molecule has 1 aromatic heterocycles. The van der Waals surface area contributed by atoms with E-state index in [4.69, 9.17) is 9.15 Å². The smallest absolute Gasteiger partial charge is 0.220 e. The third-order valence-electron chi connectivity index (χ3n) is 3.83. The average molecular weight is 265 g/mol. The summed E-state index contributed by atoms with van der Waals surface area (Å²) >= 11 is 0. The second-order valence-corrected chi connectivity index (χ2v) is 5.25. The van der Waals surface area contributed by atoms with Crippen molar-refractivity contribution < 1.29 is 13.9 Å². The van der Waals surface area contributed by atoms with Crippen molar-refractivity contribution in [3.63, 3.8) is 0 Å². The third kappa shape index (κ3) is 4.39.